The van der Waals surface area contributed by atoms with Crippen molar-refractivity contribution in [2.45, 2.75) is 51.9 Å². The van der Waals surface area contributed by atoms with Crippen LogP contribution in [-0.2, 0) is 11.0 Å². The largest absolute Gasteiger partial charge is 0.494 e. The normalized spacial score (nSPS) is 11.5. The number of halogens is 1. The molecule has 0 bridgehead atoms. The van der Waals surface area contributed by atoms with Crippen LogP contribution < -0.4 is 4.74 Å². The Hall–Kier alpha value is -2.53. The van der Waals surface area contributed by atoms with Crippen LogP contribution >= 0.6 is 7.60 Å². The van der Waals surface area contributed by atoms with E-state index in [4.69, 9.17) is 19.5 Å². The molecule has 0 atom stereocenters. The molecule has 2 aromatic carbocycles. The third kappa shape index (κ3) is 8.35. The Bertz CT molecular complexity index is 1080. The summed E-state index contributed by atoms with van der Waals surface area (Å²) in [6.45, 7) is 2.87. The predicted octanol–water partition coefficient (Wildman–Crippen LogP) is 7.01. The Kier molecular flexibility index (Phi) is 9.82. The molecule has 0 aliphatic heterocycles. The van der Waals surface area contributed by atoms with Crippen LogP contribution in [0.15, 0.2) is 60.7 Å². The van der Waals surface area contributed by atoms with E-state index >= 15 is 0 Å². The standard InChI is InChI=1S/C27H33FNO4P/c1-2-3-6-19-33-25-16-11-21(12-17-25)26-18-15-24(8-5-4-7-20-34(30,31)32)29-27(26)22-9-13-23(28)14-10-22/h9-18H,2-8,19-20H2,1H3,(H2,30,31,32). The minimum absolute atomic E-state index is 0.0848. The number of hydrogen-bond acceptors (Lipinski definition) is 3. The lowest BCUT2D eigenvalue weighted by atomic mass is 9.98. The van der Waals surface area contributed by atoms with E-state index in [2.05, 4.69) is 6.92 Å². The van der Waals surface area contributed by atoms with E-state index in [1.165, 1.54) is 12.1 Å². The van der Waals surface area contributed by atoms with Gasteiger partial charge in [-0.2, -0.15) is 0 Å². The van der Waals surface area contributed by atoms with E-state index in [1.54, 1.807) is 12.1 Å². The minimum atomic E-state index is -3.94. The summed E-state index contributed by atoms with van der Waals surface area (Å²) in [6.07, 6.45) is 5.97. The quantitative estimate of drug-likeness (QED) is 0.201. The van der Waals surface area contributed by atoms with Gasteiger partial charge in [0.25, 0.3) is 0 Å². The first-order valence-electron chi connectivity index (χ1n) is 11.9. The Morgan fingerprint density at radius 2 is 1.56 bits per heavy atom. The van der Waals surface area contributed by atoms with Crippen molar-refractivity contribution in [3.8, 4) is 28.1 Å². The van der Waals surface area contributed by atoms with Crippen molar-refractivity contribution < 1.29 is 23.5 Å². The topological polar surface area (TPSA) is 79.7 Å². The highest BCUT2D eigenvalue weighted by Crippen LogP contribution is 2.36. The fourth-order valence-corrected chi connectivity index (χ4v) is 4.41. The second-order valence-electron chi connectivity index (χ2n) is 8.48. The number of rotatable bonds is 13. The van der Waals surface area contributed by atoms with E-state index in [0.29, 0.717) is 19.4 Å². The van der Waals surface area contributed by atoms with Crippen LogP contribution in [0.3, 0.4) is 0 Å². The zero-order chi connectivity index (χ0) is 24.4. The molecule has 34 heavy (non-hydrogen) atoms. The zero-order valence-electron chi connectivity index (χ0n) is 19.6. The molecule has 182 valence electrons. The fourth-order valence-electron chi connectivity index (χ4n) is 3.77. The highest BCUT2D eigenvalue weighted by Gasteiger charge is 2.13. The molecule has 5 nitrogen and oxygen atoms in total. The Balaban J connectivity index is 1.77. The summed E-state index contributed by atoms with van der Waals surface area (Å²) >= 11 is 0. The van der Waals surface area contributed by atoms with Gasteiger partial charge in [0.1, 0.15) is 11.6 Å². The van der Waals surface area contributed by atoms with Crippen LogP contribution in [0.25, 0.3) is 22.4 Å². The molecular formula is C27H33FNO4P. The van der Waals surface area contributed by atoms with Crippen LogP contribution in [0.5, 0.6) is 5.75 Å². The van der Waals surface area contributed by atoms with Gasteiger partial charge in [-0.15, -0.1) is 0 Å². The Morgan fingerprint density at radius 3 is 2.24 bits per heavy atom. The average molecular weight is 486 g/mol. The molecule has 1 aromatic heterocycles. The van der Waals surface area contributed by atoms with E-state index in [1.807, 2.05) is 36.4 Å². The van der Waals surface area contributed by atoms with Crippen molar-refractivity contribution >= 4 is 7.60 Å². The lowest BCUT2D eigenvalue weighted by Gasteiger charge is -2.13. The molecule has 0 radical (unpaired) electrons. The van der Waals surface area contributed by atoms with Crippen molar-refractivity contribution in [2.75, 3.05) is 12.8 Å². The van der Waals surface area contributed by atoms with Gasteiger partial charge in [-0.3, -0.25) is 9.55 Å². The monoisotopic (exact) mass is 485 g/mol. The van der Waals surface area contributed by atoms with Crippen molar-refractivity contribution in [1.82, 2.24) is 4.98 Å². The molecule has 3 aromatic rings. The molecule has 0 amide bonds. The van der Waals surface area contributed by atoms with Gasteiger partial charge in [0, 0.05) is 23.0 Å². The number of nitrogens with zero attached hydrogens (tertiary/aromatic N) is 1. The van der Waals surface area contributed by atoms with Crippen molar-refractivity contribution in [1.29, 1.82) is 0 Å². The number of unbranched alkanes of at least 4 members (excludes halogenated alkanes) is 4. The summed E-state index contributed by atoms with van der Waals surface area (Å²) in [4.78, 5) is 22.9. The number of aromatic nitrogens is 1. The van der Waals surface area contributed by atoms with Gasteiger partial charge in [0.2, 0.25) is 0 Å². The van der Waals surface area contributed by atoms with Crippen molar-refractivity contribution in [3.63, 3.8) is 0 Å². The molecular weight excluding hydrogens is 452 g/mol. The average Bonchev–Trinajstić information content (AvgIpc) is 2.82. The lowest BCUT2D eigenvalue weighted by Crippen LogP contribution is -1.98. The maximum Gasteiger partial charge on any atom is 0.325 e. The lowest BCUT2D eigenvalue weighted by molar-refractivity contribution is 0.306. The number of aryl methyl sites for hydroxylation is 1. The molecule has 0 unspecified atom stereocenters. The van der Waals surface area contributed by atoms with Gasteiger partial charge >= 0.3 is 7.60 Å². The molecule has 0 aliphatic rings. The van der Waals surface area contributed by atoms with E-state index in [0.717, 1.165) is 65.9 Å². The van der Waals surface area contributed by atoms with Gasteiger partial charge in [0.05, 0.1) is 12.3 Å². The maximum atomic E-state index is 13.5. The number of hydrogen-bond donors (Lipinski definition) is 2. The van der Waals surface area contributed by atoms with Crippen LogP contribution in [0.4, 0.5) is 4.39 Å². The Labute approximate surface area is 201 Å². The smallest absolute Gasteiger partial charge is 0.325 e. The van der Waals surface area contributed by atoms with Crippen LogP contribution in [0, 0.1) is 5.82 Å². The second kappa shape index (κ2) is 12.8. The van der Waals surface area contributed by atoms with Gasteiger partial charge in [-0.1, -0.05) is 44.4 Å². The highest BCUT2D eigenvalue weighted by atomic mass is 31.2. The van der Waals surface area contributed by atoms with Gasteiger partial charge in [-0.25, -0.2) is 4.39 Å². The summed E-state index contributed by atoms with van der Waals surface area (Å²) in [5.41, 5.74) is 4.47. The third-order valence-electron chi connectivity index (χ3n) is 5.63. The molecule has 3 rings (SSSR count). The molecule has 0 aliphatic carbocycles. The molecule has 1 heterocycles. The van der Waals surface area contributed by atoms with E-state index in [-0.39, 0.29) is 12.0 Å². The summed E-state index contributed by atoms with van der Waals surface area (Å²) in [7, 11) is -3.94. The molecule has 0 saturated heterocycles. The number of ether oxygens (including phenoxy) is 1. The van der Waals surface area contributed by atoms with E-state index < -0.39 is 7.60 Å². The number of benzene rings is 2. The SMILES string of the molecule is CCCCCOc1ccc(-c2ccc(CCCCCP(=O)(O)O)nc2-c2ccc(F)cc2)cc1. The zero-order valence-corrected chi connectivity index (χ0v) is 20.5. The van der Waals surface area contributed by atoms with Gasteiger partial charge < -0.3 is 14.5 Å². The molecule has 0 saturated carbocycles. The van der Waals surface area contributed by atoms with Crippen molar-refractivity contribution in [3.05, 3.63) is 72.2 Å². The summed E-state index contributed by atoms with van der Waals surface area (Å²) < 4.78 is 30.4. The first kappa shape index (κ1) is 26.1. The first-order valence-corrected chi connectivity index (χ1v) is 13.7. The van der Waals surface area contributed by atoms with Crippen molar-refractivity contribution in [2.24, 2.45) is 0 Å². The summed E-state index contributed by atoms with van der Waals surface area (Å²) in [5, 5.41) is 0. The van der Waals surface area contributed by atoms with Crippen LogP contribution in [-0.4, -0.2) is 27.5 Å². The molecule has 2 N–H and O–H groups in total. The Morgan fingerprint density at radius 1 is 0.853 bits per heavy atom. The second-order valence-corrected chi connectivity index (χ2v) is 10.3. The third-order valence-corrected chi connectivity index (χ3v) is 6.53. The van der Waals surface area contributed by atoms with Crippen LogP contribution in [0.2, 0.25) is 0 Å². The summed E-state index contributed by atoms with van der Waals surface area (Å²) in [5.74, 6) is 0.541. The van der Waals surface area contributed by atoms with Gasteiger partial charge in [0.15, 0.2) is 0 Å². The minimum Gasteiger partial charge on any atom is -0.494 e. The van der Waals surface area contributed by atoms with E-state index in [9.17, 15) is 8.96 Å². The maximum absolute atomic E-state index is 13.5. The first-order chi connectivity index (χ1) is 16.4. The number of pyridine rings is 1. The fraction of sp³-hybridized carbons (Fsp3) is 0.370. The molecule has 0 spiro atoms. The van der Waals surface area contributed by atoms with Gasteiger partial charge in [-0.05, 0) is 73.7 Å². The molecule has 0 fully saturated rings. The molecule has 7 heteroatoms. The van der Waals surface area contributed by atoms with Crippen LogP contribution in [0.1, 0.15) is 51.1 Å². The predicted molar refractivity (Wildman–Crippen MR) is 135 cm³/mol. The highest BCUT2D eigenvalue weighted by molar-refractivity contribution is 7.51. The summed E-state index contributed by atoms with van der Waals surface area (Å²) in [6, 6.07) is 18.3.